The Hall–Kier alpha value is -2.38. The topological polar surface area (TPSA) is 66.9 Å². The van der Waals surface area contributed by atoms with Crippen LogP contribution in [0.25, 0.3) is 0 Å². The largest absolute Gasteiger partial charge is 0.495 e. The minimum atomic E-state index is -3.76. The Labute approximate surface area is 179 Å². The van der Waals surface area contributed by atoms with Crippen LogP contribution in [0.4, 0.5) is 0 Å². The molecular formula is C23H30N2O4S. The highest BCUT2D eigenvalue weighted by Gasteiger charge is 2.33. The lowest BCUT2D eigenvalue weighted by Crippen LogP contribution is -2.42. The molecule has 1 saturated heterocycles. The van der Waals surface area contributed by atoms with Crippen molar-refractivity contribution in [2.24, 2.45) is 0 Å². The molecule has 0 spiro atoms. The predicted octanol–water partition coefficient (Wildman–Crippen LogP) is 3.84. The Kier molecular flexibility index (Phi) is 6.83. The van der Waals surface area contributed by atoms with E-state index in [0.29, 0.717) is 18.7 Å². The number of ether oxygens (including phenoxy) is 1. The lowest BCUT2D eigenvalue weighted by molar-refractivity contribution is 0.0784. The van der Waals surface area contributed by atoms with Crippen LogP contribution in [0.3, 0.4) is 0 Å². The SMILES string of the molecule is COc1ccc(C(=O)N(C)Cc2ccccc2C)cc1S(=O)(=O)N1CCCCC1C. The van der Waals surface area contributed by atoms with Crippen LogP contribution in [0.1, 0.15) is 47.7 Å². The summed E-state index contributed by atoms with van der Waals surface area (Å²) in [4.78, 5) is 14.7. The fourth-order valence-corrected chi connectivity index (χ4v) is 5.78. The Morgan fingerprint density at radius 3 is 2.60 bits per heavy atom. The summed E-state index contributed by atoms with van der Waals surface area (Å²) in [6, 6.07) is 12.5. The molecule has 1 aliphatic heterocycles. The van der Waals surface area contributed by atoms with Gasteiger partial charge in [0.1, 0.15) is 10.6 Å². The molecule has 162 valence electrons. The van der Waals surface area contributed by atoms with Crippen molar-refractivity contribution in [3.05, 3.63) is 59.2 Å². The first-order chi connectivity index (χ1) is 14.3. The number of piperidine rings is 1. The monoisotopic (exact) mass is 430 g/mol. The maximum atomic E-state index is 13.4. The summed E-state index contributed by atoms with van der Waals surface area (Å²) in [5.74, 6) is 0.0231. The summed E-state index contributed by atoms with van der Waals surface area (Å²) in [6.45, 7) is 4.86. The average molecular weight is 431 g/mol. The number of hydrogen-bond donors (Lipinski definition) is 0. The smallest absolute Gasteiger partial charge is 0.253 e. The van der Waals surface area contributed by atoms with Crippen LogP contribution in [0.15, 0.2) is 47.4 Å². The lowest BCUT2D eigenvalue weighted by Gasteiger charge is -2.32. The second-order valence-electron chi connectivity index (χ2n) is 7.91. The maximum Gasteiger partial charge on any atom is 0.253 e. The molecule has 1 atom stereocenters. The molecule has 2 aromatic rings. The van der Waals surface area contributed by atoms with Crippen molar-refractivity contribution in [3.63, 3.8) is 0 Å². The van der Waals surface area contributed by atoms with Gasteiger partial charge in [0.15, 0.2) is 0 Å². The zero-order chi connectivity index (χ0) is 21.9. The average Bonchev–Trinajstić information content (AvgIpc) is 2.74. The number of methoxy groups -OCH3 is 1. The number of benzene rings is 2. The van der Waals surface area contributed by atoms with Gasteiger partial charge in [0.2, 0.25) is 10.0 Å². The van der Waals surface area contributed by atoms with Crippen molar-refractivity contribution >= 4 is 15.9 Å². The molecule has 30 heavy (non-hydrogen) atoms. The summed E-state index contributed by atoms with van der Waals surface area (Å²) in [5, 5.41) is 0. The van der Waals surface area contributed by atoms with Gasteiger partial charge in [0, 0.05) is 31.7 Å². The highest BCUT2D eigenvalue weighted by molar-refractivity contribution is 7.89. The molecule has 1 fully saturated rings. The quantitative estimate of drug-likeness (QED) is 0.698. The van der Waals surface area contributed by atoms with E-state index < -0.39 is 10.0 Å². The van der Waals surface area contributed by atoms with Crippen LogP contribution in [0, 0.1) is 6.92 Å². The first kappa shape index (κ1) is 22.3. The number of carbonyl (C=O) groups excluding carboxylic acids is 1. The third-order valence-electron chi connectivity index (χ3n) is 5.75. The van der Waals surface area contributed by atoms with Gasteiger partial charge in [-0.2, -0.15) is 4.31 Å². The van der Waals surface area contributed by atoms with Crippen LogP contribution in [0.2, 0.25) is 0 Å². The summed E-state index contributed by atoms with van der Waals surface area (Å²) in [6.07, 6.45) is 2.69. The van der Waals surface area contributed by atoms with E-state index in [0.717, 1.165) is 30.4 Å². The molecule has 0 N–H and O–H groups in total. The molecule has 0 radical (unpaired) electrons. The van der Waals surface area contributed by atoms with E-state index in [9.17, 15) is 13.2 Å². The molecular weight excluding hydrogens is 400 g/mol. The van der Waals surface area contributed by atoms with E-state index in [1.54, 1.807) is 24.1 Å². The van der Waals surface area contributed by atoms with E-state index in [4.69, 9.17) is 4.74 Å². The van der Waals surface area contributed by atoms with E-state index in [-0.39, 0.29) is 22.6 Å². The van der Waals surface area contributed by atoms with Gasteiger partial charge >= 0.3 is 0 Å². The fraction of sp³-hybridized carbons (Fsp3) is 0.435. The standard InChI is InChI=1S/C23H30N2O4S/c1-17-9-5-6-11-20(17)16-24(3)23(26)19-12-13-21(29-4)22(15-19)30(27,28)25-14-8-7-10-18(25)2/h5-6,9,11-13,15,18H,7-8,10,14,16H2,1-4H3. The summed E-state index contributed by atoms with van der Waals surface area (Å²) in [7, 11) is -0.597. The van der Waals surface area contributed by atoms with Crippen LogP contribution in [-0.4, -0.2) is 50.3 Å². The molecule has 1 unspecified atom stereocenters. The Morgan fingerprint density at radius 2 is 1.93 bits per heavy atom. The van der Waals surface area contributed by atoms with Crippen molar-refractivity contribution in [1.82, 2.24) is 9.21 Å². The second-order valence-corrected chi connectivity index (χ2v) is 9.77. The number of rotatable bonds is 6. The first-order valence-corrected chi connectivity index (χ1v) is 11.7. The number of sulfonamides is 1. The number of hydrogen-bond acceptors (Lipinski definition) is 4. The van der Waals surface area contributed by atoms with Crippen molar-refractivity contribution in [2.45, 2.75) is 50.6 Å². The molecule has 2 aromatic carbocycles. The second kappa shape index (κ2) is 9.18. The lowest BCUT2D eigenvalue weighted by atomic mass is 10.1. The van der Waals surface area contributed by atoms with E-state index in [1.807, 2.05) is 38.1 Å². The number of nitrogens with zero attached hydrogens (tertiary/aromatic N) is 2. The fourth-order valence-electron chi connectivity index (χ4n) is 3.90. The molecule has 7 heteroatoms. The number of carbonyl (C=O) groups is 1. The van der Waals surface area contributed by atoms with Crippen LogP contribution in [0.5, 0.6) is 5.75 Å². The van der Waals surface area contributed by atoms with Crippen LogP contribution >= 0.6 is 0 Å². The molecule has 1 amide bonds. The Balaban J connectivity index is 1.92. The third-order valence-corrected chi connectivity index (χ3v) is 7.79. The summed E-state index contributed by atoms with van der Waals surface area (Å²) >= 11 is 0. The van der Waals surface area contributed by atoms with E-state index >= 15 is 0 Å². The normalized spacial score (nSPS) is 17.5. The van der Waals surface area contributed by atoms with Crippen LogP contribution in [-0.2, 0) is 16.6 Å². The highest BCUT2D eigenvalue weighted by Crippen LogP contribution is 2.32. The van der Waals surface area contributed by atoms with Crippen molar-refractivity contribution < 1.29 is 17.9 Å². The molecule has 0 aliphatic carbocycles. The summed E-state index contributed by atoms with van der Waals surface area (Å²) < 4.78 is 33.6. The zero-order valence-electron chi connectivity index (χ0n) is 18.1. The van der Waals surface area contributed by atoms with Gasteiger partial charge in [-0.15, -0.1) is 0 Å². The zero-order valence-corrected chi connectivity index (χ0v) is 18.9. The van der Waals surface area contributed by atoms with Gasteiger partial charge < -0.3 is 9.64 Å². The van der Waals surface area contributed by atoms with Gasteiger partial charge in [-0.25, -0.2) is 8.42 Å². The predicted molar refractivity (Wildman–Crippen MR) is 117 cm³/mol. The molecule has 3 rings (SSSR count). The van der Waals surface area contributed by atoms with Crippen molar-refractivity contribution in [3.8, 4) is 5.75 Å². The Bertz CT molecular complexity index is 1020. The molecule has 6 nitrogen and oxygen atoms in total. The van der Waals surface area contributed by atoms with Gasteiger partial charge in [0.05, 0.1) is 7.11 Å². The van der Waals surface area contributed by atoms with Gasteiger partial charge in [-0.05, 0) is 56.0 Å². The molecule has 1 heterocycles. The first-order valence-electron chi connectivity index (χ1n) is 10.3. The van der Waals surface area contributed by atoms with Gasteiger partial charge in [-0.3, -0.25) is 4.79 Å². The number of amides is 1. The Morgan fingerprint density at radius 1 is 1.20 bits per heavy atom. The van der Waals surface area contributed by atoms with E-state index in [2.05, 4.69) is 0 Å². The molecule has 0 bridgehead atoms. The van der Waals surface area contributed by atoms with Gasteiger partial charge in [0.25, 0.3) is 5.91 Å². The highest BCUT2D eigenvalue weighted by atomic mass is 32.2. The third kappa shape index (κ3) is 4.52. The number of aryl methyl sites for hydroxylation is 1. The maximum absolute atomic E-state index is 13.4. The minimum absolute atomic E-state index is 0.0499. The minimum Gasteiger partial charge on any atom is -0.495 e. The van der Waals surface area contributed by atoms with E-state index in [1.165, 1.54) is 17.5 Å². The molecule has 0 aromatic heterocycles. The summed E-state index contributed by atoms with van der Waals surface area (Å²) in [5.41, 5.74) is 2.49. The molecule has 0 saturated carbocycles. The van der Waals surface area contributed by atoms with Crippen molar-refractivity contribution in [2.75, 3.05) is 20.7 Å². The van der Waals surface area contributed by atoms with Crippen LogP contribution < -0.4 is 4.74 Å². The molecule has 1 aliphatic rings. The van der Waals surface area contributed by atoms with Crippen molar-refractivity contribution in [1.29, 1.82) is 0 Å². The van der Waals surface area contributed by atoms with Gasteiger partial charge in [-0.1, -0.05) is 30.7 Å².